The van der Waals surface area contributed by atoms with Gasteiger partial charge in [-0.15, -0.1) is 0 Å². The number of piperazine rings is 1. The van der Waals surface area contributed by atoms with Crippen molar-refractivity contribution in [2.75, 3.05) is 39.3 Å². The molecule has 0 spiro atoms. The van der Waals surface area contributed by atoms with Crippen LogP contribution in [0.25, 0.3) is 0 Å². The highest BCUT2D eigenvalue weighted by molar-refractivity contribution is 5.99. The van der Waals surface area contributed by atoms with Crippen LogP contribution in [-0.4, -0.2) is 66.9 Å². The number of benzene rings is 1. The van der Waals surface area contributed by atoms with Gasteiger partial charge in [0.05, 0.1) is 0 Å². The third kappa shape index (κ3) is 2.91. The monoisotopic (exact) mass is 288 g/mol. The second-order valence-corrected chi connectivity index (χ2v) is 5.59. The van der Waals surface area contributed by atoms with Crippen molar-refractivity contribution in [1.82, 2.24) is 15.1 Å². The van der Waals surface area contributed by atoms with Crippen LogP contribution >= 0.6 is 0 Å². The smallest absolute Gasteiger partial charge is 0.253 e. The number of primary amides is 1. The van der Waals surface area contributed by atoms with Gasteiger partial charge in [-0.3, -0.25) is 14.5 Å². The molecule has 0 radical (unpaired) electrons. The van der Waals surface area contributed by atoms with Gasteiger partial charge in [-0.1, -0.05) is 6.07 Å². The van der Waals surface area contributed by atoms with Crippen LogP contribution < -0.4 is 11.1 Å². The highest BCUT2D eigenvalue weighted by Gasteiger charge is 2.35. The molecule has 3 rings (SSSR count). The summed E-state index contributed by atoms with van der Waals surface area (Å²) < 4.78 is 0. The summed E-state index contributed by atoms with van der Waals surface area (Å²) in [5, 5.41) is 3.33. The number of likely N-dealkylation sites (tertiary alicyclic amines) is 1. The zero-order valence-corrected chi connectivity index (χ0v) is 11.9. The maximum absolute atomic E-state index is 12.4. The van der Waals surface area contributed by atoms with Gasteiger partial charge in [0.15, 0.2) is 0 Å². The van der Waals surface area contributed by atoms with Crippen LogP contribution in [0.5, 0.6) is 0 Å². The number of carbonyl (C=O) groups is 2. The molecule has 6 nitrogen and oxygen atoms in total. The van der Waals surface area contributed by atoms with Gasteiger partial charge >= 0.3 is 0 Å². The number of amides is 2. The maximum Gasteiger partial charge on any atom is 0.253 e. The molecule has 2 aliphatic heterocycles. The van der Waals surface area contributed by atoms with Crippen LogP contribution in [0, 0.1) is 0 Å². The van der Waals surface area contributed by atoms with Gasteiger partial charge in [-0.25, -0.2) is 0 Å². The predicted molar refractivity (Wildman–Crippen MR) is 79.1 cm³/mol. The first kappa shape index (κ1) is 14.0. The van der Waals surface area contributed by atoms with Gasteiger partial charge in [0.1, 0.15) is 0 Å². The number of nitrogens with zero attached hydrogens (tertiary/aromatic N) is 2. The topological polar surface area (TPSA) is 78.7 Å². The largest absolute Gasteiger partial charge is 0.366 e. The van der Waals surface area contributed by atoms with Crippen molar-refractivity contribution in [1.29, 1.82) is 0 Å². The van der Waals surface area contributed by atoms with Crippen LogP contribution in [0.15, 0.2) is 24.3 Å². The lowest BCUT2D eigenvalue weighted by Gasteiger charge is -2.46. The van der Waals surface area contributed by atoms with Gasteiger partial charge in [-0.05, 0) is 18.2 Å². The van der Waals surface area contributed by atoms with E-state index >= 15 is 0 Å². The average molecular weight is 288 g/mol. The summed E-state index contributed by atoms with van der Waals surface area (Å²) in [7, 11) is 0. The number of hydrogen-bond acceptors (Lipinski definition) is 4. The number of nitrogens with one attached hydrogen (secondary N) is 1. The molecular formula is C15H20N4O2. The standard InChI is InChI=1S/C15H20N4O2/c16-14(20)11-2-1-3-12(8-11)15(21)19-9-13(10-19)18-6-4-17-5-7-18/h1-3,8,13,17H,4-7,9-10H2,(H2,16,20). The number of hydrogen-bond donors (Lipinski definition) is 2. The Morgan fingerprint density at radius 2 is 1.81 bits per heavy atom. The van der Waals surface area contributed by atoms with Crippen LogP contribution in [0.2, 0.25) is 0 Å². The normalized spacial score (nSPS) is 20.1. The van der Waals surface area contributed by atoms with E-state index in [0.29, 0.717) is 17.2 Å². The van der Waals surface area contributed by atoms with E-state index in [2.05, 4.69) is 10.2 Å². The summed E-state index contributed by atoms with van der Waals surface area (Å²) in [5.41, 5.74) is 6.16. The molecule has 1 aromatic rings. The molecule has 0 atom stereocenters. The molecule has 2 heterocycles. The van der Waals surface area contributed by atoms with E-state index in [-0.39, 0.29) is 5.91 Å². The van der Waals surface area contributed by atoms with E-state index in [1.54, 1.807) is 24.3 Å². The molecule has 2 saturated heterocycles. The minimum absolute atomic E-state index is 0.0236. The number of rotatable bonds is 3. The van der Waals surface area contributed by atoms with E-state index in [4.69, 9.17) is 5.73 Å². The van der Waals surface area contributed by atoms with Gasteiger partial charge < -0.3 is 16.0 Å². The van der Waals surface area contributed by atoms with Crippen LogP contribution in [0.4, 0.5) is 0 Å². The Morgan fingerprint density at radius 1 is 1.14 bits per heavy atom. The van der Waals surface area contributed by atoms with Crippen molar-refractivity contribution in [2.24, 2.45) is 5.73 Å². The third-order valence-corrected chi connectivity index (χ3v) is 4.21. The molecular weight excluding hydrogens is 268 g/mol. The van der Waals surface area contributed by atoms with Crippen LogP contribution in [-0.2, 0) is 0 Å². The predicted octanol–water partition coefficient (Wildman–Crippen LogP) is -0.485. The van der Waals surface area contributed by atoms with Crippen molar-refractivity contribution < 1.29 is 9.59 Å². The van der Waals surface area contributed by atoms with Crippen molar-refractivity contribution in [3.05, 3.63) is 35.4 Å². The first-order chi connectivity index (χ1) is 10.1. The molecule has 21 heavy (non-hydrogen) atoms. The summed E-state index contributed by atoms with van der Waals surface area (Å²) in [5.74, 6) is -0.531. The van der Waals surface area contributed by atoms with Gasteiger partial charge in [0, 0.05) is 56.4 Å². The molecule has 6 heteroatoms. The minimum Gasteiger partial charge on any atom is -0.366 e. The fraction of sp³-hybridized carbons (Fsp3) is 0.467. The van der Waals surface area contributed by atoms with E-state index in [9.17, 15) is 9.59 Å². The molecule has 1 aromatic carbocycles. The first-order valence-corrected chi connectivity index (χ1v) is 7.29. The maximum atomic E-state index is 12.4. The molecule has 0 aliphatic carbocycles. The summed E-state index contributed by atoms with van der Waals surface area (Å²) in [4.78, 5) is 27.8. The summed E-state index contributed by atoms with van der Waals surface area (Å²) in [6.45, 7) is 5.66. The Labute approximate surface area is 123 Å². The Kier molecular flexibility index (Phi) is 3.90. The van der Waals surface area contributed by atoms with E-state index < -0.39 is 5.91 Å². The summed E-state index contributed by atoms with van der Waals surface area (Å²) >= 11 is 0. The van der Waals surface area contributed by atoms with Gasteiger partial charge in [0.2, 0.25) is 5.91 Å². The fourth-order valence-electron chi connectivity index (χ4n) is 2.89. The quantitative estimate of drug-likeness (QED) is 0.787. The number of carbonyl (C=O) groups excluding carboxylic acids is 2. The Balaban J connectivity index is 1.60. The van der Waals surface area contributed by atoms with E-state index in [0.717, 1.165) is 39.3 Å². The molecule has 2 amide bonds. The molecule has 2 aliphatic rings. The molecule has 0 unspecified atom stereocenters. The van der Waals surface area contributed by atoms with Crippen molar-refractivity contribution in [2.45, 2.75) is 6.04 Å². The highest BCUT2D eigenvalue weighted by Crippen LogP contribution is 2.19. The van der Waals surface area contributed by atoms with Gasteiger partial charge in [0.25, 0.3) is 5.91 Å². The lowest BCUT2D eigenvalue weighted by atomic mass is 10.0. The van der Waals surface area contributed by atoms with Crippen molar-refractivity contribution >= 4 is 11.8 Å². The fourth-order valence-corrected chi connectivity index (χ4v) is 2.89. The third-order valence-electron chi connectivity index (χ3n) is 4.21. The van der Waals surface area contributed by atoms with E-state index in [1.807, 2.05) is 4.90 Å². The second kappa shape index (κ2) is 5.83. The van der Waals surface area contributed by atoms with E-state index in [1.165, 1.54) is 0 Å². The van der Waals surface area contributed by atoms with Crippen LogP contribution in [0.1, 0.15) is 20.7 Å². The van der Waals surface area contributed by atoms with Gasteiger partial charge in [-0.2, -0.15) is 0 Å². The first-order valence-electron chi connectivity index (χ1n) is 7.29. The molecule has 3 N–H and O–H groups in total. The number of nitrogens with two attached hydrogens (primary N) is 1. The Hall–Kier alpha value is -1.92. The average Bonchev–Trinajstić information content (AvgIpc) is 2.47. The summed E-state index contributed by atoms with van der Waals surface area (Å²) in [6.07, 6.45) is 0. The zero-order valence-electron chi connectivity index (χ0n) is 11.9. The lowest BCUT2D eigenvalue weighted by molar-refractivity contribution is 0.0227. The summed E-state index contributed by atoms with van der Waals surface area (Å²) in [6, 6.07) is 7.09. The molecule has 2 fully saturated rings. The van der Waals surface area contributed by atoms with Crippen molar-refractivity contribution in [3.63, 3.8) is 0 Å². The van der Waals surface area contributed by atoms with Crippen molar-refractivity contribution in [3.8, 4) is 0 Å². The lowest BCUT2D eigenvalue weighted by Crippen LogP contribution is -2.63. The molecule has 0 aromatic heterocycles. The Bertz CT molecular complexity index is 548. The minimum atomic E-state index is -0.507. The highest BCUT2D eigenvalue weighted by atomic mass is 16.2. The van der Waals surface area contributed by atoms with Crippen LogP contribution in [0.3, 0.4) is 0 Å². The molecule has 112 valence electrons. The second-order valence-electron chi connectivity index (χ2n) is 5.59. The SMILES string of the molecule is NC(=O)c1cccc(C(=O)N2CC(N3CCNCC3)C2)c1. The molecule has 0 bridgehead atoms. The zero-order chi connectivity index (χ0) is 14.8. The molecule has 0 saturated carbocycles. The Morgan fingerprint density at radius 3 is 2.48 bits per heavy atom.